The Labute approximate surface area is 142 Å². The molecule has 0 aliphatic heterocycles. The van der Waals surface area contributed by atoms with Crippen molar-refractivity contribution in [2.75, 3.05) is 0 Å². The fourth-order valence-corrected chi connectivity index (χ4v) is 3.00. The van der Waals surface area contributed by atoms with Gasteiger partial charge in [-0.05, 0) is 63.4 Å². The zero-order valence-corrected chi connectivity index (χ0v) is 14.4. The molecule has 2 heterocycles. The second-order valence-electron chi connectivity index (χ2n) is 4.24. The zero-order valence-electron chi connectivity index (χ0n) is 10.0. The summed E-state index contributed by atoms with van der Waals surface area (Å²) < 4.78 is 3.78. The summed E-state index contributed by atoms with van der Waals surface area (Å²) in [6.07, 6.45) is 3.89. The van der Waals surface area contributed by atoms with Crippen molar-refractivity contribution >= 4 is 56.5 Å². The smallest absolute Gasteiger partial charge is 0.177 e. The molecule has 20 heavy (non-hydrogen) atoms. The summed E-state index contributed by atoms with van der Waals surface area (Å²) in [6, 6.07) is 9.28. The molecule has 5 nitrogen and oxygen atoms in total. The van der Waals surface area contributed by atoms with E-state index < -0.39 is 5.23 Å². The van der Waals surface area contributed by atoms with Crippen molar-refractivity contribution in [3.63, 3.8) is 0 Å². The summed E-state index contributed by atoms with van der Waals surface area (Å²) in [6.45, 7) is 0. The molecule has 7 heteroatoms. The van der Waals surface area contributed by atoms with Crippen LogP contribution in [0, 0.1) is 12.3 Å². The lowest BCUT2D eigenvalue weighted by Crippen LogP contribution is -2.99. The fraction of sp³-hybridized carbons (Fsp3) is 0. The molecule has 1 atom stereocenters. The molecule has 0 radical (unpaired) electrons. The van der Waals surface area contributed by atoms with Crippen LogP contribution in [0.25, 0.3) is 16.9 Å². The number of nitrogens with one attached hydrogen (secondary N) is 1. The average molecular weight is 493 g/mol. The van der Waals surface area contributed by atoms with Gasteiger partial charge >= 0.3 is 0 Å². The Kier molecular flexibility index (Phi) is 3.95. The first-order valence-corrected chi connectivity index (χ1v) is 7.88. The van der Waals surface area contributed by atoms with E-state index in [2.05, 4.69) is 27.6 Å². The number of rotatable bonds is 2. The van der Waals surface area contributed by atoms with Crippen LogP contribution in [0.15, 0.2) is 42.7 Å². The van der Waals surface area contributed by atoms with E-state index >= 15 is 0 Å². The number of quaternary nitrogens is 1. The Morgan fingerprint density at radius 2 is 1.95 bits per heavy atom. The number of imidazole rings is 1. The third kappa shape index (κ3) is 2.68. The maximum absolute atomic E-state index is 11.2. The average Bonchev–Trinajstić information content (AvgIpc) is 2.81. The first-order chi connectivity index (χ1) is 9.54. The molecule has 2 N–H and O–H groups in total. The van der Waals surface area contributed by atoms with Gasteiger partial charge in [-0.3, -0.25) is 0 Å². The van der Waals surface area contributed by atoms with E-state index in [-0.39, 0.29) is 0 Å². The van der Waals surface area contributed by atoms with Crippen LogP contribution in [-0.4, -0.2) is 14.6 Å². The van der Waals surface area contributed by atoms with Gasteiger partial charge in [0.2, 0.25) is 0 Å². The van der Waals surface area contributed by atoms with Gasteiger partial charge in [-0.25, -0.2) is 10.2 Å². The molecule has 0 fully saturated rings. The van der Waals surface area contributed by atoms with E-state index in [0.717, 1.165) is 24.0 Å². The normalized spacial score (nSPS) is 12.8. The summed E-state index contributed by atoms with van der Waals surface area (Å²) in [5, 5.41) is 19.5. The first kappa shape index (κ1) is 14.2. The van der Waals surface area contributed by atoms with Gasteiger partial charge in [0, 0.05) is 27.6 Å². The minimum absolute atomic E-state index is 0.301. The number of hydrogen-bond donors (Lipinski definition) is 2. The predicted molar refractivity (Wildman–Crippen MR) is 91.8 cm³/mol. The number of aromatic nitrogens is 2. The van der Waals surface area contributed by atoms with Gasteiger partial charge in [0.15, 0.2) is 5.69 Å². The molecule has 1 unspecified atom stereocenters. The number of fused-ring (bicyclic) bond motifs is 1. The Hall–Kier alpha value is -0.750. The van der Waals surface area contributed by atoms with E-state index in [4.69, 9.17) is 0 Å². The largest absolute Gasteiger partial charge is 0.595 e. The lowest BCUT2D eigenvalue weighted by Gasteiger charge is -2.13. The standard InChI is InChI=1S/C13H9I2N3O2/c14-9-2-4-13-16-11(7-17(13)6-9)8-1-3-10(15)12(5-8)18(19)20/h1-7,18-19H. The van der Waals surface area contributed by atoms with Crippen LogP contribution in [0.1, 0.15) is 0 Å². The van der Waals surface area contributed by atoms with Crippen molar-refractivity contribution < 1.29 is 10.4 Å². The van der Waals surface area contributed by atoms with Crippen LogP contribution in [0.5, 0.6) is 0 Å². The quantitative estimate of drug-likeness (QED) is 0.427. The third-order valence-electron chi connectivity index (χ3n) is 2.91. The first-order valence-electron chi connectivity index (χ1n) is 5.72. The maximum atomic E-state index is 11.2. The Bertz CT molecular complexity index is 786. The van der Waals surface area contributed by atoms with Crippen LogP contribution >= 0.6 is 45.2 Å². The van der Waals surface area contributed by atoms with Gasteiger partial charge < -0.3 is 9.61 Å². The number of nitrogens with zero attached hydrogens (tertiary/aromatic N) is 2. The van der Waals surface area contributed by atoms with Crippen LogP contribution < -0.4 is 5.23 Å². The second-order valence-corrected chi connectivity index (χ2v) is 6.65. The van der Waals surface area contributed by atoms with Crippen LogP contribution in [0.3, 0.4) is 0 Å². The highest BCUT2D eigenvalue weighted by atomic mass is 127. The van der Waals surface area contributed by atoms with Gasteiger partial charge in [0.1, 0.15) is 5.65 Å². The Balaban J connectivity index is 2.13. The molecule has 0 amide bonds. The van der Waals surface area contributed by atoms with Gasteiger partial charge in [0.05, 0.1) is 9.26 Å². The number of pyridine rings is 1. The van der Waals surface area contributed by atoms with Gasteiger partial charge in [-0.1, -0.05) is 6.07 Å². The molecule has 0 spiro atoms. The van der Waals surface area contributed by atoms with Crippen molar-refractivity contribution in [1.29, 1.82) is 0 Å². The van der Waals surface area contributed by atoms with E-state index in [1.165, 1.54) is 0 Å². The predicted octanol–water partition coefficient (Wildman–Crippen LogP) is 2.61. The van der Waals surface area contributed by atoms with Crippen molar-refractivity contribution in [3.8, 4) is 11.3 Å². The minimum atomic E-state index is -0.922. The van der Waals surface area contributed by atoms with Crippen molar-refractivity contribution in [3.05, 3.63) is 55.1 Å². The van der Waals surface area contributed by atoms with E-state index in [0.29, 0.717) is 5.69 Å². The van der Waals surface area contributed by atoms with Crippen LogP contribution in [0.4, 0.5) is 5.69 Å². The molecule has 3 rings (SSSR count). The lowest BCUT2D eigenvalue weighted by atomic mass is 10.1. The highest BCUT2D eigenvalue weighted by Crippen LogP contribution is 2.24. The number of hydrogen-bond acceptors (Lipinski definition) is 3. The van der Waals surface area contributed by atoms with E-state index in [1.54, 1.807) is 12.1 Å². The molecule has 3 aromatic rings. The molecule has 0 bridgehead atoms. The van der Waals surface area contributed by atoms with Gasteiger partial charge in [0.25, 0.3) is 0 Å². The fourth-order valence-electron chi connectivity index (χ4n) is 1.95. The Morgan fingerprint density at radius 1 is 1.15 bits per heavy atom. The molecule has 0 saturated carbocycles. The molecule has 2 aromatic heterocycles. The van der Waals surface area contributed by atoms with Crippen molar-refractivity contribution in [2.45, 2.75) is 0 Å². The second kappa shape index (κ2) is 5.56. The van der Waals surface area contributed by atoms with E-state index in [9.17, 15) is 10.4 Å². The Morgan fingerprint density at radius 3 is 2.70 bits per heavy atom. The summed E-state index contributed by atoms with van der Waals surface area (Å²) in [5.41, 5.74) is 2.72. The molecular weight excluding hydrogens is 484 g/mol. The SMILES string of the molecule is [O-][NH+](O)c1cc(-c2cn3cc(I)ccc3n2)ccc1I. The molecule has 102 valence electrons. The lowest BCUT2D eigenvalue weighted by molar-refractivity contribution is -0.991. The monoisotopic (exact) mass is 493 g/mol. The molecule has 0 saturated heterocycles. The molecule has 0 aliphatic carbocycles. The van der Waals surface area contributed by atoms with Crippen molar-refractivity contribution in [2.24, 2.45) is 0 Å². The topological polar surface area (TPSA) is 65.0 Å². The van der Waals surface area contributed by atoms with Crippen LogP contribution in [-0.2, 0) is 0 Å². The molecule has 0 aliphatic rings. The molecule has 1 aromatic carbocycles. The molecular formula is C13H9I2N3O2. The van der Waals surface area contributed by atoms with E-state index in [1.807, 2.05) is 57.6 Å². The maximum Gasteiger partial charge on any atom is 0.177 e. The van der Waals surface area contributed by atoms with Gasteiger partial charge in [-0.15, -0.1) is 0 Å². The highest BCUT2D eigenvalue weighted by Gasteiger charge is 2.11. The van der Waals surface area contributed by atoms with Crippen molar-refractivity contribution in [1.82, 2.24) is 9.38 Å². The highest BCUT2D eigenvalue weighted by molar-refractivity contribution is 14.1. The third-order valence-corrected chi connectivity index (χ3v) is 4.49. The number of benzene rings is 1. The number of halogens is 2. The van der Waals surface area contributed by atoms with Gasteiger partial charge in [-0.2, -0.15) is 5.23 Å². The summed E-state index contributed by atoms with van der Waals surface area (Å²) in [4.78, 5) is 4.52. The summed E-state index contributed by atoms with van der Waals surface area (Å²) >= 11 is 4.27. The summed E-state index contributed by atoms with van der Waals surface area (Å²) in [5.74, 6) is 0. The minimum Gasteiger partial charge on any atom is -0.595 e. The summed E-state index contributed by atoms with van der Waals surface area (Å²) in [7, 11) is 0. The van der Waals surface area contributed by atoms with Crippen LogP contribution in [0.2, 0.25) is 0 Å². The zero-order chi connectivity index (χ0) is 14.3.